The molecule has 11 heteroatoms. The molecule has 1 aromatic carbocycles. The van der Waals surface area contributed by atoms with Crippen molar-refractivity contribution < 1.29 is 13.2 Å². The van der Waals surface area contributed by atoms with E-state index >= 15 is 0 Å². The smallest absolute Gasteiger partial charge is 0.261 e. The van der Waals surface area contributed by atoms with E-state index in [1.807, 2.05) is 18.2 Å². The Kier molecular flexibility index (Phi) is 5.41. The Bertz CT molecular complexity index is 1840. The van der Waals surface area contributed by atoms with E-state index in [1.54, 1.807) is 47.9 Å². The maximum Gasteiger partial charge on any atom is 0.261 e. The topological polar surface area (TPSA) is 99.3 Å². The molecule has 0 atom stereocenters. The summed E-state index contributed by atoms with van der Waals surface area (Å²) in [6, 6.07) is 12.1. The lowest BCUT2D eigenvalue weighted by Crippen LogP contribution is -2.24. The molecule has 1 fully saturated rings. The molecule has 1 saturated heterocycles. The summed E-state index contributed by atoms with van der Waals surface area (Å²) >= 11 is 0. The highest BCUT2D eigenvalue weighted by Gasteiger charge is 2.37. The van der Waals surface area contributed by atoms with Crippen molar-refractivity contribution in [3.8, 4) is 33.9 Å². The van der Waals surface area contributed by atoms with E-state index in [-0.39, 0.29) is 18.8 Å². The first-order chi connectivity index (χ1) is 18.9. The maximum atomic E-state index is 14.5. The fraction of sp³-hybridized carbons (Fsp3) is 0.179. The van der Waals surface area contributed by atoms with Gasteiger partial charge in [-0.2, -0.15) is 5.10 Å². The Morgan fingerprint density at radius 2 is 1.77 bits per heavy atom. The Morgan fingerprint density at radius 1 is 0.897 bits per heavy atom. The molecule has 0 unspecified atom stereocenters. The Balaban J connectivity index is 1.25. The molecule has 0 bridgehead atoms. The lowest BCUT2D eigenvalue weighted by molar-refractivity contribution is 0.0115. The van der Waals surface area contributed by atoms with E-state index < -0.39 is 5.92 Å². The second-order valence-corrected chi connectivity index (χ2v) is 9.71. The second-order valence-electron chi connectivity index (χ2n) is 9.71. The van der Waals surface area contributed by atoms with Crippen LogP contribution in [0.2, 0.25) is 0 Å². The third kappa shape index (κ3) is 4.30. The SMILES string of the molecule is Fc1ccccc1-c1cncc2[nH]c(-c3n[nH]c4ccc(-c5cncc(CN6CCC(F)(F)C6)c5)nc34)nc12. The van der Waals surface area contributed by atoms with Crippen LogP contribution in [0.4, 0.5) is 13.2 Å². The third-order valence-corrected chi connectivity index (χ3v) is 6.94. The summed E-state index contributed by atoms with van der Waals surface area (Å²) in [5.41, 5.74) is 6.27. The number of hydrogen-bond donors (Lipinski definition) is 2. The van der Waals surface area contributed by atoms with Crippen LogP contribution >= 0.6 is 0 Å². The van der Waals surface area contributed by atoms with Gasteiger partial charge in [-0.25, -0.2) is 23.1 Å². The molecular formula is C28H21F3N8. The number of rotatable bonds is 5. The zero-order valence-corrected chi connectivity index (χ0v) is 20.5. The first-order valence-electron chi connectivity index (χ1n) is 12.4. The van der Waals surface area contributed by atoms with Crippen molar-refractivity contribution >= 4 is 22.1 Å². The van der Waals surface area contributed by atoms with Crippen LogP contribution in [0.1, 0.15) is 12.0 Å². The number of nitrogens with zero attached hydrogens (tertiary/aromatic N) is 6. The molecule has 7 rings (SSSR count). The number of likely N-dealkylation sites (tertiary alicyclic amines) is 1. The molecule has 6 aromatic rings. The van der Waals surface area contributed by atoms with Crippen LogP contribution in [0, 0.1) is 5.82 Å². The second kappa shape index (κ2) is 8.98. The summed E-state index contributed by atoms with van der Waals surface area (Å²) in [6.07, 6.45) is 6.49. The van der Waals surface area contributed by atoms with Gasteiger partial charge < -0.3 is 4.98 Å². The highest BCUT2D eigenvalue weighted by Crippen LogP contribution is 2.33. The van der Waals surface area contributed by atoms with Gasteiger partial charge >= 0.3 is 0 Å². The van der Waals surface area contributed by atoms with E-state index in [1.165, 1.54) is 6.07 Å². The number of imidazole rings is 1. The van der Waals surface area contributed by atoms with E-state index in [9.17, 15) is 13.2 Å². The Morgan fingerprint density at radius 3 is 2.62 bits per heavy atom. The van der Waals surface area contributed by atoms with Gasteiger partial charge in [0.15, 0.2) is 11.5 Å². The van der Waals surface area contributed by atoms with Crippen LogP contribution < -0.4 is 0 Å². The quantitative estimate of drug-likeness (QED) is 0.303. The number of benzene rings is 1. The molecule has 0 spiro atoms. The van der Waals surface area contributed by atoms with Gasteiger partial charge in [-0.3, -0.25) is 20.0 Å². The van der Waals surface area contributed by atoms with Gasteiger partial charge in [-0.15, -0.1) is 0 Å². The Labute approximate surface area is 220 Å². The lowest BCUT2D eigenvalue weighted by Gasteiger charge is -2.15. The average molecular weight is 527 g/mol. The fourth-order valence-electron chi connectivity index (χ4n) is 5.06. The number of pyridine rings is 3. The van der Waals surface area contributed by atoms with E-state index in [4.69, 9.17) is 9.97 Å². The van der Waals surface area contributed by atoms with Crippen molar-refractivity contribution in [3.63, 3.8) is 0 Å². The number of aromatic amines is 2. The zero-order valence-electron chi connectivity index (χ0n) is 20.5. The average Bonchev–Trinajstić information content (AvgIpc) is 3.64. The van der Waals surface area contributed by atoms with Crippen LogP contribution in [-0.4, -0.2) is 59.0 Å². The molecule has 6 heterocycles. The minimum Gasteiger partial charge on any atom is -0.335 e. The number of halogens is 3. The summed E-state index contributed by atoms with van der Waals surface area (Å²) in [6.45, 7) is 0.504. The van der Waals surface area contributed by atoms with Crippen molar-refractivity contribution in [2.75, 3.05) is 13.1 Å². The van der Waals surface area contributed by atoms with E-state index in [0.29, 0.717) is 63.5 Å². The van der Waals surface area contributed by atoms with E-state index in [0.717, 1.165) is 11.1 Å². The molecule has 0 saturated carbocycles. The number of fused-ring (bicyclic) bond motifs is 2. The summed E-state index contributed by atoms with van der Waals surface area (Å²) in [4.78, 5) is 23.1. The number of alkyl halides is 2. The predicted molar refractivity (Wildman–Crippen MR) is 140 cm³/mol. The van der Waals surface area contributed by atoms with Gasteiger partial charge in [-0.1, -0.05) is 18.2 Å². The summed E-state index contributed by atoms with van der Waals surface area (Å²) in [5, 5.41) is 7.44. The van der Waals surface area contributed by atoms with Gasteiger partial charge in [0, 0.05) is 54.8 Å². The minimum absolute atomic E-state index is 0.124. The number of nitrogens with one attached hydrogen (secondary N) is 2. The van der Waals surface area contributed by atoms with Gasteiger partial charge in [0.25, 0.3) is 5.92 Å². The van der Waals surface area contributed by atoms with Crippen LogP contribution in [0.25, 0.3) is 56.0 Å². The normalized spacial score (nSPS) is 15.5. The van der Waals surface area contributed by atoms with Gasteiger partial charge in [0.2, 0.25) is 0 Å². The third-order valence-electron chi connectivity index (χ3n) is 6.94. The largest absolute Gasteiger partial charge is 0.335 e. The molecule has 0 radical (unpaired) electrons. The van der Waals surface area contributed by atoms with Crippen LogP contribution in [0.5, 0.6) is 0 Å². The van der Waals surface area contributed by atoms with Crippen molar-refractivity contribution in [3.05, 3.63) is 78.6 Å². The monoisotopic (exact) mass is 526 g/mol. The minimum atomic E-state index is -2.64. The van der Waals surface area contributed by atoms with Crippen LogP contribution in [-0.2, 0) is 6.54 Å². The molecule has 1 aliphatic heterocycles. The van der Waals surface area contributed by atoms with Gasteiger partial charge in [0.1, 0.15) is 16.9 Å². The van der Waals surface area contributed by atoms with Crippen molar-refractivity contribution in [2.45, 2.75) is 18.9 Å². The molecule has 8 nitrogen and oxygen atoms in total. The summed E-state index contributed by atoms with van der Waals surface area (Å²) in [7, 11) is 0. The molecule has 2 N–H and O–H groups in total. The molecule has 0 aliphatic carbocycles. The van der Waals surface area contributed by atoms with Crippen molar-refractivity contribution in [2.24, 2.45) is 0 Å². The van der Waals surface area contributed by atoms with Crippen molar-refractivity contribution in [1.29, 1.82) is 0 Å². The van der Waals surface area contributed by atoms with Gasteiger partial charge in [0.05, 0.1) is 29.5 Å². The lowest BCUT2D eigenvalue weighted by atomic mass is 10.1. The van der Waals surface area contributed by atoms with Crippen molar-refractivity contribution in [1.82, 2.24) is 40.0 Å². The highest BCUT2D eigenvalue weighted by molar-refractivity contribution is 5.95. The first kappa shape index (κ1) is 23.5. The number of hydrogen-bond acceptors (Lipinski definition) is 6. The highest BCUT2D eigenvalue weighted by atomic mass is 19.3. The van der Waals surface area contributed by atoms with E-state index in [2.05, 4.69) is 25.1 Å². The number of H-pyrrole nitrogens is 2. The predicted octanol–water partition coefficient (Wildman–Crippen LogP) is 5.61. The molecular weight excluding hydrogens is 505 g/mol. The van der Waals surface area contributed by atoms with Crippen LogP contribution in [0.3, 0.4) is 0 Å². The fourth-order valence-corrected chi connectivity index (χ4v) is 5.06. The first-order valence-corrected chi connectivity index (χ1v) is 12.4. The maximum absolute atomic E-state index is 14.5. The molecule has 1 aliphatic rings. The summed E-state index contributed by atoms with van der Waals surface area (Å²) in [5.74, 6) is -2.53. The molecule has 194 valence electrons. The standard InChI is InChI=1S/C28H21F3N8/c29-20-4-2-1-3-18(20)19-12-33-13-23-24(19)36-27(35-23)26-25-22(37-38-26)6-5-21(34-25)17-9-16(10-32-11-17)14-39-8-7-28(30,31)15-39/h1-6,9-13H,7-8,14-15H2,(H,35,36)(H,37,38). The molecule has 39 heavy (non-hydrogen) atoms. The molecule has 5 aromatic heterocycles. The molecule has 0 amide bonds. The van der Waals surface area contributed by atoms with Crippen LogP contribution in [0.15, 0.2) is 67.3 Å². The number of aromatic nitrogens is 7. The summed E-state index contributed by atoms with van der Waals surface area (Å²) < 4.78 is 41.8. The zero-order chi connectivity index (χ0) is 26.6. The van der Waals surface area contributed by atoms with Gasteiger partial charge in [-0.05, 0) is 29.8 Å². The Hall–Kier alpha value is -4.64.